The first-order valence-corrected chi connectivity index (χ1v) is 11.0. The average molecular weight is 444 g/mol. The number of benzene rings is 2. The van der Waals surface area contributed by atoms with Gasteiger partial charge in [0.05, 0.1) is 24.4 Å². The lowest BCUT2D eigenvalue weighted by molar-refractivity contribution is -0.0247. The Hall–Kier alpha value is -3.28. The number of fused-ring (bicyclic) bond motifs is 1. The van der Waals surface area contributed by atoms with E-state index in [0.29, 0.717) is 25.3 Å². The fourth-order valence-corrected chi connectivity index (χ4v) is 4.20. The summed E-state index contributed by atoms with van der Waals surface area (Å²) < 4.78 is 5.94. The van der Waals surface area contributed by atoms with Crippen LogP contribution in [0.2, 0.25) is 5.02 Å². The zero-order chi connectivity index (χ0) is 21.9. The number of halogens is 1. The van der Waals surface area contributed by atoms with Gasteiger partial charge in [-0.1, -0.05) is 41.9 Å². The number of morpholine rings is 1. The highest BCUT2D eigenvalue weighted by atomic mass is 35.5. The predicted octanol–water partition coefficient (Wildman–Crippen LogP) is 5.09. The van der Waals surface area contributed by atoms with Crippen LogP contribution in [0.25, 0.3) is 10.9 Å². The Balaban J connectivity index is 1.29. The predicted molar refractivity (Wildman–Crippen MR) is 125 cm³/mol. The Kier molecular flexibility index (Phi) is 5.84. The molecule has 5 rings (SSSR count). The molecule has 1 fully saturated rings. The highest BCUT2D eigenvalue weighted by molar-refractivity contribution is 6.31. The number of amides is 1. The van der Waals surface area contributed by atoms with Crippen molar-refractivity contribution < 1.29 is 9.53 Å². The summed E-state index contributed by atoms with van der Waals surface area (Å²) in [7, 11) is 0. The van der Waals surface area contributed by atoms with Crippen molar-refractivity contribution in [2.75, 3.05) is 19.7 Å². The molecule has 0 radical (unpaired) electrons. The molecule has 5 nitrogen and oxygen atoms in total. The van der Waals surface area contributed by atoms with Gasteiger partial charge in [0.15, 0.2) is 0 Å². The summed E-state index contributed by atoms with van der Waals surface area (Å²) in [5, 5.41) is 1.71. The van der Waals surface area contributed by atoms with Crippen LogP contribution in [0.4, 0.5) is 0 Å². The van der Waals surface area contributed by atoms with Crippen LogP contribution < -0.4 is 0 Å². The van der Waals surface area contributed by atoms with Crippen molar-refractivity contribution in [1.82, 2.24) is 14.9 Å². The van der Waals surface area contributed by atoms with Gasteiger partial charge in [-0.15, -0.1) is 0 Å². The number of hydrogen-bond acceptors (Lipinski definition) is 4. The van der Waals surface area contributed by atoms with Crippen molar-refractivity contribution in [1.29, 1.82) is 0 Å². The molecule has 0 saturated carbocycles. The zero-order valence-electron chi connectivity index (χ0n) is 17.4. The van der Waals surface area contributed by atoms with E-state index in [0.717, 1.165) is 39.2 Å². The van der Waals surface area contributed by atoms with Crippen molar-refractivity contribution in [2.24, 2.45) is 0 Å². The molecule has 160 valence electrons. The number of pyridine rings is 2. The molecular weight excluding hydrogens is 422 g/mol. The number of nitrogens with zero attached hydrogens (tertiary/aromatic N) is 3. The highest BCUT2D eigenvalue weighted by Crippen LogP contribution is 2.24. The normalized spacial score (nSPS) is 16.3. The van der Waals surface area contributed by atoms with Gasteiger partial charge in [0.25, 0.3) is 5.91 Å². The second-order valence-electron chi connectivity index (χ2n) is 7.88. The van der Waals surface area contributed by atoms with Gasteiger partial charge in [0.2, 0.25) is 0 Å². The molecule has 3 heterocycles. The van der Waals surface area contributed by atoms with Gasteiger partial charge in [0.1, 0.15) is 6.10 Å². The Morgan fingerprint density at radius 3 is 2.81 bits per heavy atom. The molecule has 0 unspecified atom stereocenters. The van der Waals surface area contributed by atoms with Gasteiger partial charge in [-0.25, -0.2) is 0 Å². The van der Waals surface area contributed by atoms with E-state index in [4.69, 9.17) is 16.3 Å². The van der Waals surface area contributed by atoms with Gasteiger partial charge in [0, 0.05) is 41.3 Å². The second kappa shape index (κ2) is 9.07. The van der Waals surface area contributed by atoms with Crippen LogP contribution in [0.15, 0.2) is 79.1 Å². The Morgan fingerprint density at radius 1 is 1.06 bits per heavy atom. The first-order valence-electron chi connectivity index (χ1n) is 10.6. The Morgan fingerprint density at radius 2 is 1.97 bits per heavy atom. The van der Waals surface area contributed by atoms with Crippen molar-refractivity contribution in [3.8, 4) is 0 Å². The third-order valence-corrected chi connectivity index (χ3v) is 6.10. The third kappa shape index (κ3) is 4.35. The molecule has 1 aliphatic rings. The number of carbonyl (C=O) groups is 1. The van der Waals surface area contributed by atoms with E-state index in [1.165, 1.54) is 0 Å². The maximum atomic E-state index is 13.1. The monoisotopic (exact) mass is 443 g/mol. The number of aromatic nitrogens is 2. The average Bonchev–Trinajstić information content (AvgIpc) is 2.85. The minimum atomic E-state index is -0.246. The van der Waals surface area contributed by atoms with Crippen LogP contribution in [0.1, 0.15) is 33.3 Å². The van der Waals surface area contributed by atoms with Gasteiger partial charge >= 0.3 is 0 Å². The molecule has 4 aromatic rings. The van der Waals surface area contributed by atoms with E-state index < -0.39 is 0 Å². The summed E-state index contributed by atoms with van der Waals surface area (Å²) in [6, 6.07) is 21.3. The van der Waals surface area contributed by atoms with Crippen LogP contribution >= 0.6 is 11.6 Å². The summed E-state index contributed by atoms with van der Waals surface area (Å²) in [6.07, 6.45) is 4.09. The molecule has 2 aromatic carbocycles. The number of hydrogen-bond donors (Lipinski definition) is 0. The van der Waals surface area contributed by atoms with E-state index >= 15 is 0 Å². The first-order chi connectivity index (χ1) is 15.7. The van der Waals surface area contributed by atoms with Crippen molar-refractivity contribution in [3.05, 3.63) is 107 Å². The van der Waals surface area contributed by atoms with Gasteiger partial charge in [-0.2, -0.15) is 0 Å². The molecule has 2 aromatic heterocycles. The summed E-state index contributed by atoms with van der Waals surface area (Å²) in [6.45, 7) is 1.51. The quantitative estimate of drug-likeness (QED) is 0.441. The van der Waals surface area contributed by atoms with Crippen molar-refractivity contribution >= 4 is 28.4 Å². The van der Waals surface area contributed by atoms with Crippen molar-refractivity contribution in [3.63, 3.8) is 0 Å². The van der Waals surface area contributed by atoms with Crippen LogP contribution in [0, 0.1) is 0 Å². The van der Waals surface area contributed by atoms with Crippen molar-refractivity contribution in [2.45, 2.75) is 12.5 Å². The molecule has 0 aliphatic carbocycles. The van der Waals surface area contributed by atoms with Crippen LogP contribution in [0.3, 0.4) is 0 Å². The summed E-state index contributed by atoms with van der Waals surface area (Å²) in [5.74, 6) is -0.000562. The molecule has 0 bridgehead atoms. The van der Waals surface area contributed by atoms with E-state index in [1.54, 1.807) is 6.20 Å². The molecule has 1 amide bonds. The molecule has 32 heavy (non-hydrogen) atoms. The Bertz CT molecular complexity index is 1260. The SMILES string of the molecule is O=C(c1ccc2ncccc2c1)N1CCO[C@H](c2ccc(Cc3ccccc3Cl)cn2)C1. The summed E-state index contributed by atoms with van der Waals surface area (Å²) >= 11 is 6.27. The highest BCUT2D eigenvalue weighted by Gasteiger charge is 2.27. The zero-order valence-corrected chi connectivity index (χ0v) is 18.2. The minimum absolute atomic E-state index is 0.000562. The standard InChI is InChI=1S/C26H22ClN3O2/c27-22-6-2-1-4-19(22)14-18-7-9-24(29-16-18)25-17-30(12-13-32-25)26(31)21-8-10-23-20(15-21)5-3-11-28-23/h1-11,15-16,25H,12-14,17H2/t25-/m0/s1. The van der Waals surface area contributed by atoms with Gasteiger partial charge < -0.3 is 9.64 Å². The van der Waals surface area contributed by atoms with Crippen LogP contribution in [0.5, 0.6) is 0 Å². The molecule has 1 aliphatic heterocycles. The summed E-state index contributed by atoms with van der Waals surface area (Å²) in [5.41, 5.74) is 4.52. The molecule has 1 saturated heterocycles. The lowest BCUT2D eigenvalue weighted by atomic mass is 10.1. The smallest absolute Gasteiger partial charge is 0.254 e. The maximum absolute atomic E-state index is 13.1. The van der Waals surface area contributed by atoms with Gasteiger partial charge in [-0.05, 0) is 47.5 Å². The number of carbonyl (C=O) groups excluding carboxylic acids is 1. The Labute approximate surface area is 191 Å². The molecular formula is C26H22ClN3O2. The second-order valence-corrected chi connectivity index (χ2v) is 8.29. The lowest BCUT2D eigenvalue weighted by Crippen LogP contribution is -2.42. The van der Waals surface area contributed by atoms with E-state index in [2.05, 4.69) is 9.97 Å². The fourth-order valence-electron chi connectivity index (χ4n) is 4.00. The topological polar surface area (TPSA) is 55.3 Å². The summed E-state index contributed by atoms with van der Waals surface area (Å²) in [4.78, 5) is 23.9. The molecule has 0 N–H and O–H groups in total. The third-order valence-electron chi connectivity index (χ3n) is 5.73. The number of ether oxygens (including phenoxy) is 1. The largest absolute Gasteiger partial charge is 0.368 e. The molecule has 6 heteroatoms. The fraction of sp³-hybridized carbons (Fsp3) is 0.192. The van der Waals surface area contributed by atoms with E-state index in [9.17, 15) is 4.79 Å². The molecule has 1 atom stereocenters. The van der Waals surface area contributed by atoms with Gasteiger partial charge in [-0.3, -0.25) is 14.8 Å². The van der Waals surface area contributed by atoms with E-state index in [1.807, 2.05) is 77.8 Å². The van der Waals surface area contributed by atoms with E-state index in [-0.39, 0.29) is 12.0 Å². The maximum Gasteiger partial charge on any atom is 0.254 e. The first kappa shape index (κ1) is 20.6. The van der Waals surface area contributed by atoms with Crippen LogP contribution in [-0.4, -0.2) is 40.5 Å². The molecule has 0 spiro atoms. The van der Waals surface area contributed by atoms with Crippen LogP contribution in [-0.2, 0) is 11.2 Å². The lowest BCUT2D eigenvalue weighted by Gasteiger charge is -2.32. The minimum Gasteiger partial charge on any atom is -0.368 e. The number of rotatable bonds is 4.